The van der Waals surface area contributed by atoms with Crippen LogP contribution in [0.2, 0.25) is 0 Å². The van der Waals surface area contributed by atoms with Crippen molar-refractivity contribution >= 4 is 87.6 Å². The van der Waals surface area contributed by atoms with E-state index in [1.807, 2.05) is 17.4 Å². The molecule has 2 aromatic heterocycles. The fraction of sp³-hybridized carbons (Fsp3) is 0. The third kappa shape index (κ3) is 5.99. The van der Waals surface area contributed by atoms with Gasteiger partial charge >= 0.3 is 0 Å². The maximum absolute atomic E-state index is 6.58. The van der Waals surface area contributed by atoms with Crippen molar-refractivity contribution in [1.29, 1.82) is 0 Å². The molecule has 0 saturated carbocycles. The first-order valence-corrected chi connectivity index (χ1v) is 20.4. The fourth-order valence-electron chi connectivity index (χ4n) is 8.32. The molecule has 0 spiro atoms. The molecule has 274 valence electrons. The highest BCUT2D eigenvalue weighted by Crippen LogP contribution is 2.44. The van der Waals surface area contributed by atoms with Gasteiger partial charge in [-0.15, -0.1) is 11.3 Å². The summed E-state index contributed by atoms with van der Waals surface area (Å²) >= 11 is 1.85. The summed E-state index contributed by atoms with van der Waals surface area (Å²) in [4.78, 5) is 4.64. The summed E-state index contributed by atoms with van der Waals surface area (Å²) in [6.07, 6.45) is 0. The van der Waals surface area contributed by atoms with E-state index in [2.05, 4.69) is 222 Å². The molecule has 2 heterocycles. The summed E-state index contributed by atoms with van der Waals surface area (Å²) in [7, 11) is 0. The van der Waals surface area contributed by atoms with Crippen LogP contribution in [0.1, 0.15) is 0 Å². The molecule has 9 aromatic carbocycles. The standard InChI is InChI=1S/C54H36N2OS/c1-4-14-40(15-5-1)55(41-16-6-2-7-17-41)43-30-26-38(27-31-43)48-34-39(35-51-54(48)47-21-10-12-22-50(47)57-51)37-24-28-44(29-25-37)56(42-18-8-3-9-19-42)45-32-33-53-49(36-45)46-20-11-13-23-52(46)58-53/h1-36H. The lowest BCUT2D eigenvalue weighted by Crippen LogP contribution is -2.09. The van der Waals surface area contributed by atoms with E-state index in [4.69, 9.17) is 4.42 Å². The Morgan fingerprint density at radius 3 is 1.43 bits per heavy atom. The predicted molar refractivity (Wildman–Crippen MR) is 247 cm³/mol. The van der Waals surface area contributed by atoms with Gasteiger partial charge in [0.2, 0.25) is 0 Å². The molecule has 0 amide bonds. The summed E-state index contributed by atoms with van der Waals surface area (Å²) < 4.78 is 9.18. The minimum absolute atomic E-state index is 0.874. The molecule has 4 heteroatoms. The summed E-state index contributed by atoms with van der Waals surface area (Å²) in [5.41, 5.74) is 12.9. The van der Waals surface area contributed by atoms with Crippen molar-refractivity contribution in [3.05, 3.63) is 218 Å². The van der Waals surface area contributed by atoms with Crippen molar-refractivity contribution < 1.29 is 4.42 Å². The summed E-state index contributed by atoms with van der Waals surface area (Å²) in [6.45, 7) is 0. The van der Waals surface area contributed by atoms with Gasteiger partial charge in [-0.05, 0) is 125 Å². The summed E-state index contributed by atoms with van der Waals surface area (Å²) in [5.74, 6) is 0. The third-order valence-electron chi connectivity index (χ3n) is 11.0. The lowest BCUT2D eigenvalue weighted by atomic mass is 9.94. The van der Waals surface area contributed by atoms with E-state index in [1.165, 1.54) is 20.2 Å². The van der Waals surface area contributed by atoms with Crippen LogP contribution in [-0.4, -0.2) is 0 Å². The molecular formula is C54H36N2OS. The van der Waals surface area contributed by atoms with Crippen LogP contribution in [0.25, 0.3) is 64.4 Å². The molecule has 0 unspecified atom stereocenters. The molecule has 0 atom stereocenters. The van der Waals surface area contributed by atoms with Gasteiger partial charge in [-0.3, -0.25) is 0 Å². The van der Waals surface area contributed by atoms with Crippen LogP contribution >= 0.6 is 11.3 Å². The van der Waals surface area contributed by atoms with E-state index in [0.717, 1.165) is 78.3 Å². The molecule has 11 rings (SSSR count). The van der Waals surface area contributed by atoms with Gasteiger partial charge in [0.25, 0.3) is 0 Å². The Labute approximate surface area is 340 Å². The van der Waals surface area contributed by atoms with E-state index in [-0.39, 0.29) is 0 Å². The molecule has 0 bridgehead atoms. The average molecular weight is 761 g/mol. The van der Waals surface area contributed by atoms with Crippen LogP contribution in [0.15, 0.2) is 223 Å². The SMILES string of the molecule is c1ccc(N(c2ccccc2)c2ccc(-c3cc(-c4ccc(N(c5ccccc5)c5ccc6sc7ccccc7c6c5)cc4)cc4oc5ccccc5c34)cc2)cc1. The molecule has 3 nitrogen and oxygen atoms in total. The minimum atomic E-state index is 0.874. The van der Waals surface area contributed by atoms with E-state index < -0.39 is 0 Å². The van der Waals surface area contributed by atoms with Crippen molar-refractivity contribution in [1.82, 2.24) is 0 Å². The van der Waals surface area contributed by atoms with Crippen LogP contribution in [0, 0.1) is 0 Å². The van der Waals surface area contributed by atoms with Gasteiger partial charge in [-0.2, -0.15) is 0 Å². The van der Waals surface area contributed by atoms with Crippen molar-refractivity contribution in [2.45, 2.75) is 0 Å². The molecule has 0 radical (unpaired) electrons. The van der Waals surface area contributed by atoms with Gasteiger partial charge in [0, 0.05) is 65.1 Å². The van der Waals surface area contributed by atoms with Crippen molar-refractivity contribution in [2.75, 3.05) is 9.80 Å². The van der Waals surface area contributed by atoms with E-state index in [0.29, 0.717) is 0 Å². The second kappa shape index (κ2) is 14.3. The first kappa shape index (κ1) is 33.9. The highest BCUT2D eigenvalue weighted by Gasteiger charge is 2.19. The zero-order valence-corrected chi connectivity index (χ0v) is 32.3. The van der Waals surface area contributed by atoms with E-state index in [9.17, 15) is 0 Å². The molecule has 0 aliphatic heterocycles. The lowest BCUT2D eigenvalue weighted by molar-refractivity contribution is 0.669. The zero-order valence-electron chi connectivity index (χ0n) is 31.5. The van der Waals surface area contributed by atoms with Crippen molar-refractivity contribution in [2.24, 2.45) is 0 Å². The molecule has 0 aliphatic carbocycles. The number of furan rings is 1. The van der Waals surface area contributed by atoms with E-state index in [1.54, 1.807) is 0 Å². The smallest absolute Gasteiger partial charge is 0.136 e. The predicted octanol–water partition coefficient (Wildman–Crippen LogP) is 16.2. The molecule has 58 heavy (non-hydrogen) atoms. The van der Waals surface area contributed by atoms with Gasteiger partial charge in [-0.1, -0.05) is 115 Å². The highest BCUT2D eigenvalue weighted by molar-refractivity contribution is 7.25. The Morgan fingerprint density at radius 2 is 0.793 bits per heavy atom. The first-order chi connectivity index (χ1) is 28.7. The number of rotatable bonds is 8. The Morgan fingerprint density at radius 1 is 0.310 bits per heavy atom. The van der Waals surface area contributed by atoms with Gasteiger partial charge in [0.1, 0.15) is 11.2 Å². The molecule has 0 fully saturated rings. The van der Waals surface area contributed by atoms with Gasteiger partial charge in [0.05, 0.1) is 0 Å². The number of fused-ring (bicyclic) bond motifs is 6. The largest absolute Gasteiger partial charge is 0.456 e. The topological polar surface area (TPSA) is 19.6 Å². The maximum atomic E-state index is 6.58. The Bertz CT molecular complexity index is 3170. The number of benzene rings is 9. The maximum Gasteiger partial charge on any atom is 0.136 e. The van der Waals surface area contributed by atoms with Gasteiger partial charge in [-0.25, -0.2) is 0 Å². The van der Waals surface area contributed by atoms with Crippen LogP contribution in [0.5, 0.6) is 0 Å². The molecule has 0 aliphatic rings. The second-order valence-corrected chi connectivity index (χ2v) is 15.6. The van der Waals surface area contributed by atoms with Crippen molar-refractivity contribution in [3.8, 4) is 22.3 Å². The quantitative estimate of drug-likeness (QED) is 0.154. The average Bonchev–Trinajstić information content (AvgIpc) is 3.86. The fourth-order valence-corrected chi connectivity index (χ4v) is 9.41. The molecule has 0 N–H and O–H groups in total. The summed E-state index contributed by atoms with van der Waals surface area (Å²) in [5, 5.41) is 4.81. The van der Waals surface area contributed by atoms with Crippen LogP contribution in [0.3, 0.4) is 0 Å². The number of thiophene rings is 1. The number of anilines is 6. The van der Waals surface area contributed by atoms with Gasteiger partial charge < -0.3 is 14.2 Å². The number of para-hydroxylation sites is 4. The lowest BCUT2D eigenvalue weighted by Gasteiger charge is -2.26. The number of hydrogen-bond donors (Lipinski definition) is 0. The third-order valence-corrected chi connectivity index (χ3v) is 12.2. The van der Waals surface area contributed by atoms with Crippen molar-refractivity contribution in [3.63, 3.8) is 0 Å². The zero-order chi connectivity index (χ0) is 38.4. The Balaban J connectivity index is 1.01. The minimum Gasteiger partial charge on any atom is -0.456 e. The van der Waals surface area contributed by atoms with Gasteiger partial charge in [0.15, 0.2) is 0 Å². The highest BCUT2D eigenvalue weighted by atomic mass is 32.1. The Hall–Kier alpha value is -7.40. The molecular weight excluding hydrogens is 725 g/mol. The summed E-state index contributed by atoms with van der Waals surface area (Å²) in [6, 6.07) is 77.9. The second-order valence-electron chi connectivity index (χ2n) is 14.5. The monoisotopic (exact) mass is 760 g/mol. The number of nitrogens with zero attached hydrogens (tertiary/aromatic N) is 2. The normalized spacial score (nSPS) is 11.4. The van der Waals surface area contributed by atoms with Crippen LogP contribution < -0.4 is 9.80 Å². The number of hydrogen-bond acceptors (Lipinski definition) is 4. The van der Waals surface area contributed by atoms with Crippen LogP contribution in [0.4, 0.5) is 34.1 Å². The van der Waals surface area contributed by atoms with E-state index >= 15 is 0 Å². The molecule has 0 saturated heterocycles. The Kier molecular flexibility index (Phi) is 8.34. The van der Waals surface area contributed by atoms with Crippen LogP contribution in [-0.2, 0) is 0 Å². The molecule has 11 aromatic rings. The first-order valence-electron chi connectivity index (χ1n) is 19.6.